The Balaban J connectivity index is 1.50. The number of hydrogen-bond acceptors (Lipinski definition) is 7. The maximum Gasteiger partial charge on any atom is 0.242 e. The first-order chi connectivity index (χ1) is 16.1. The number of anilines is 1. The highest BCUT2D eigenvalue weighted by atomic mass is 32.2. The average molecular weight is 487 g/mol. The van der Waals surface area contributed by atoms with Crippen molar-refractivity contribution in [1.29, 1.82) is 0 Å². The Labute approximate surface area is 195 Å². The zero-order chi connectivity index (χ0) is 24.6. The van der Waals surface area contributed by atoms with Gasteiger partial charge < -0.3 is 9.88 Å². The number of hydrogen-bond donors (Lipinski definition) is 1. The van der Waals surface area contributed by atoms with E-state index in [1.54, 1.807) is 24.6 Å². The molecule has 0 saturated carbocycles. The molecule has 0 bridgehead atoms. The van der Waals surface area contributed by atoms with Crippen molar-refractivity contribution in [1.82, 2.24) is 34.1 Å². The highest BCUT2D eigenvalue weighted by Gasteiger charge is 2.19. The summed E-state index contributed by atoms with van der Waals surface area (Å²) in [6.07, 6.45) is 0.327. The van der Waals surface area contributed by atoms with Crippen molar-refractivity contribution < 1.29 is 17.6 Å². The predicted molar refractivity (Wildman–Crippen MR) is 122 cm³/mol. The lowest BCUT2D eigenvalue weighted by Crippen LogP contribution is -2.22. The van der Waals surface area contributed by atoms with Gasteiger partial charge >= 0.3 is 0 Å². The molecule has 1 N–H and O–H groups in total. The number of halogens is 1. The van der Waals surface area contributed by atoms with Gasteiger partial charge in [0.1, 0.15) is 11.6 Å². The quantitative estimate of drug-likeness (QED) is 0.422. The molecule has 0 atom stereocenters. The summed E-state index contributed by atoms with van der Waals surface area (Å²) in [5.74, 6) is 0.142. The Morgan fingerprint density at radius 2 is 1.94 bits per heavy atom. The molecule has 2 heterocycles. The van der Waals surface area contributed by atoms with Crippen LogP contribution in [-0.2, 0) is 28.3 Å². The van der Waals surface area contributed by atoms with Crippen molar-refractivity contribution in [2.24, 2.45) is 7.05 Å². The number of aromatic nitrogens is 6. The van der Waals surface area contributed by atoms with E-state index >= 15 is 0 Å². The topological polar surface area (TPSA) is 128 Å². The molecule has 11 nitrogen and oxygen atoms in total. The predicted octanol–water partition coefficient (Wildman–Crippen LogP) is 1.82. The molecule has 0 aliphatic carbocycles. The fourth-order valence-electron chi connectivity index (χ4n) is 3.47. The van der Waals surface area contributed by atoms with E-state index in [4.69, 9.17) is 0 Å². The van der Waals surface area contributed by atoms with Crippen LogP contribution in [0.25, 0.3) is 16.7 Å². The Morgan fingerprint density at radius 1 is 1.18 bits per heavy atom. The minimum atomic E-state index is -3.59. The number of imidazole rings is 1. The van der Waals surface area contributed by atoms with E-state index in [1.165, 1.54) is 49.1 Å². The highest BCUT2D eigenvalue weighted by Crippen LogP contribution is 2.23. The fraction of sp³-hybridized carbons (Fsp3) is 0.286. The van der Waals surface area contributed by atoms with E-state index in [2.05, 4.69) is 25.8 Å². The lowest BCUT2D eigenvalue weighted by molar-refractivity contribution is -0.116. The molecule has 0 aliphatic heterocycles. The first-order valence-electron chi connectivity index (χ1n) is 10.3. The second-order valence-corrected chi connectivity index (χ2v) is 10.0. The van der Waals surface area contributed by atoms with Crippen LogP contribution in [-0.4, -0.2) is 62.5 Å². The summed E-state index contributed by atoms with van der Waals surface area (Å²) in [5, 5.41) is 13.8. The summed E-state index contributed by atoms with van der Waals surface area (Å²) in [6, 6.07) is 8.92. The molecule has 178 valence electrons. The first kappa shape index (κ1) is 23.4. The van der Waals surface area contributed by atoms with Gasteiger partial charge in [-0.2, -0.15) is 4.68 Å². The fourth-order valence-corrected chi connectivity index (χ4v) is 4.40. The van der Waals surface area contributed by atoms with E-state index in [-0.39, 0.29) is 23.4 Å². The lowest BCUT2D eigenvalue weighted by atomic mass is 10.2. The van der Waals surface area contributed by atoms with Crippen LogP contribution in [0.15, 0.2) is 41.3 Å². The van der Waals surface area contributed by atoms with Crippen LogP contribution in [0, 0.1) is 12.7 Å². The Hall–Kier alpha value is -3.71. The van der Waals surface area contributed by atoms with E-state index in [0.29, 0.717) is 22.9 Å². The van der Waals surface area contributed by atoms with Crippen LogP contribution in [0.5, 0.6) is 0 Å². The maximum atomic E-state index is 14.3. The van der Waals surface area contributed by atoms with Crippen molar-refractivity contribution in [3.8, 4) is 5.69 Å². The first-order valence-corrected chi connectivity index (χ1v) is 11.7. The number of aryl methyl sites for hydroxylation is 3. The standard InChI is InChI=1S/C21H23FN8O3S/c1-13-25-26-27-30(13)14-5-7-16(22)17(11-14)24-21(31)10-9-20-23-18-12-15(34(32,33)28(2)3)6-8-19(18)29(20)4/h5-8,11-12H,9-10H2,1-4H3,(H,24,31). The molecule has 4 rings (SSSR count). The van der Waals surface area contributed by atoms with Crippen LogP contribution < -0.4 is 5.32 Å². The molecule has 1 amide bonds. The summed E-state index contributed by atoms with van der Waals surface area (Å²) < 4.78 is 43.4. The summed E-state index contributed by atoms with van der Waals surface area (Å²) in [6.45, 7) is 1.71. The molecule has 0 fully saturated rings. The van der Waals surface area contributed by atoms with Gasteiger partial charge in [0, 0.05) is 34.0 Å². The molecule has 0 unspecified atom stereocenters. The zero-order valence-electron chi connectivity index (χ0n) is 19.0. The minimum absolute atomic E-state index is 0.0148. The number of nitrogens with zero attached hydrogens (tertiary/aromatic N) is 7. The van der Waals surface area contributed by atoms with E-state index in [0.717, 1.165) is 9.82 Å². The minimum Gasteiger partial charge on any atom is -0.331 e. The Morgan fingerprint density at radius 3 is 2.62 bits per heavy atom. The third-order valence-corrected chi connectivity index (χ3v) is 7.20. The summed E-state index contributed by atoms with van der Waals surface area (Å²) >= 11 is 0. The van der Waals surface area contributed by atoms with Gasteiger partial charge in [0.15, 0.2) is 5.82 Å². The molecule has 4 aromatic rings. The van der Waals surface area contributed by atoms with Gasteiger partial charge in [-0.3, -0.25) is 4.79 Å². The molecule has 0 spiro atoms. The maximum absolute atomic E-state index is 14.3. The number of rotatable bonds is 7. The Kier molecular flexibility index (Phi) is 6.15. The second-order valence-electron chi connectivity index (χ2n) is 7.88. The molecule has 13 heteroatoms. The third kappa shape index (κ3) is 4.39. The van der Waals surface area contributed by atoms with Crippen LogP contribution >= 0.6 is 0 Å². The second kappa shape index (κ2) is 8.91. The van der Waals surface area contributed by atoms with Gasteiger partial charge in [0.05, 0.1) is 27.3 Å². The van der Waals surface area contributed by atoms with E-state index in [1.807, 2.05) is 0 Å². The van der Waals surface area contributed by atoms with Gasteiger partial charge in [0.2, 0.25) is 15.9 Å². The van der Waals surface area contributed by atoms with Crippen LogP contribution in [0.3, 0.4) is 0 Å². The normalized spacial score (nSPS) is 11.9. The summed E-state index contributed by atoms with van der Waals surface area (Å²) in [7, 11) is 1.13. The van der Waals surface area contributed by atoms with Gasteiger partial charge in [-0.05, 0) is 53.7 Å². The number of carbonyl (C=O) groups is 1. The zero-order valence-corrected chi connectivity index (χ0v) is 19.8. The molecule has 0 saturated heterocycles. The van der Waals surface area contributed by atoms with Crippen LogP contribution in [0.2, 0.25) is 0 Å². The largest absolute Gasteiger partial charge is 0.331 e. The van der Waals surface area contributed by atoms with Gasteiger partial charge in [0.25, 0.3) is 0 Å². The van der Waals surface area contributed by atoms with Crippen molar-refractivity contribution in [3.05, 3.63) is 53.9 Å². The van der Waals surface area contributed by atoms with Crippen LogP contribution in [0.4, 0.5) is 10.1 Å². The Bertz CT molecular complexity index is 1490. The van der Waals surface area contributed by atoms with E-state index in [9.17, 15) is 17.6 Å². The number of fused-ring (bicyclic) bond motifs is 1. The molecule has 34 heavy (non-hydrogen) atoms. The molecule has 0 radical (unpaired) electrons. The number of nitrogens with one attached hydrogen (secondary N) is 1. The van der Waals surface area contributed by atoms with Crippen LogP contribution in [0.1, 0.15) is 18.1 Å². The molecular weight excluding hydrogens is 463 g/mol. The van der Waals surface area contributed by atoms with Crippen molar-refractivity contribution in [3.63, 3.8) is 0 Å². The lowest BCUT2D eigenvalue weighted by Gasteiger charge is -2.11. The molecule has 0 aliphatic rings. The summed E-state index contributed by atoms with van der Waals surface area (Å²) in [5.41, 5.74) is 1.78. The van der Waals surface area contributed by atoms with E-state index < -0.39 is 21.7 Å². The van der Waals surface area contributed by atoms with Crippen molar-refractivity contribution in [2.75, 3.05) is 19.4 Å². The number of sulfonamides is 1. The smallest absolute Gasteiger partial charge is 0.242 e. The van der Waals surface area contributed by atoms with Gasteiger partial charge in [-0.25, -0.2) is 22.1 Å². The molecule has 2 aromatic heterocycles. The number of benzene rings is 2. The monoisotopic (exact) mass is 486 g/mol. The average Bonchev–Trinajstić information content (AvgIpc) is 3.36. The SMILES string of the molecule is Cc1nnnn1-c1ccc(F)c(NC(=O)CCc2nc3cc(S(=O)(=O)N(C)C)ccc3n2C)c1. The van der Waals surface area contributed by atoms with Gasteiger partial charge in [-0.1, -0.05) is 0 Å². The third-order valence-electron chi connectivity index (χ3n) is 5.39. The number of amides is 1. The van der Waals surface area contributed by atoms with Crippen molar-refractivity contribution >= 4 is 32.7 Å². The number of carbonyl (C=O) groups excluding carboxylic acids is 1. The number of tetrazole rings is 1. The van der Waals surface area contributed by atoms with Crippen molar-refractivity contribution in [2.45, 2.75) is 24.7 Å². The molecular formula is C21H23FN8O3S. The van der Waals surface area contributed by atoms with Gasteiger partial charge in [-0.15, -0.1) is 5.10 Å². The summed E-state index contributed by atoms with van der Waals surface area (Å²) in [4.78, 5) is 17.2. The molecule has 2 aromatic carbocycles. The highest BCUT2D eigenvalue weighted by molar-refractivity contribution is 7.89.